The van der Waals surface area contributed by atoms with E-state index in [-0.39, 0.29) is 6.61 Å². The summed E-state index contributed by atoms with van der Waals surface area (Å²) in [6.07, 6.45) is 2.31. The SMILES string of the molecule is Cc1cc(C)c(-c2nnc(CO)n2C2CC2)c(C)c1. The molecule has 1 saturated carbocycles. The van der Waals surface area contributed by atoms with Crippen molar-refractivity contribution in [3.8, 4) is 11.4 Å². The molecule has 1 aliphatic carbocycles. The molecule has 19 heavy (non-hydrogen) atoms. The van der Waals surface area contributed by atoms with Crippen LogP contribution in [0.25, 0.3) is 11.4 Å². The lowest BCUT2D eigenvalue weighted by molar-refractivity contribution is 0.265. The quantitative estimate of drug-likeness (QED) is 0.919. The molecule has 0 radical (unpaired) electrons. The molecule has 1 aliphatic rings. The third-order valence-corrected chi connectivity index (χ3v) is 3.72. The van der Waals surface area contributed by atoms with Gasteiger partial charge in [-0.25, -0.2) is 0 Å². The number of benzene rings is 1. The Hall–Kier alpha value is -1.68. The lowest BCUT2D eigenvalue weighted by Gasteiger charge is -2.13. The molecule has 1 aromatic heterocycles. The van der Waals surface area contributed by atoms with E-state index in [1.54, 1.807) is 0 Å². The molecule has 2 aromatic rings. The van der Waals surface area contributed by atoms with Gasteiger partial charge < -0.3 is 9.67 Å². The first kappa shape index (κ1) is 12.4. The van der Waals surface area contributed by atoms with Gasteiger partial charge in [-0.15, -0.1) is 10.2 Å². The van der Waals surface area contributed by atoms with E-state index in [1.807, 2.05) is 0 Å². The van der Waals surface area contributed by atoms with E-state index in [9.17, 15) is 5.11 Å². The summed E-state index contributed by atoms with van der Waals surface area (Å²) in [5, 5.41) is 17.9. The standard InChI is InChI=1S/C15H19N3O/c1-9-6-10(2)14(11(3)7-9)15-17-16-13(8-19)18(15)12-4-5-12/h6-7,12,19H,4-5,8H2,1-3H3. The van der Waals surface area contributed by atoms with Crippen LogP contribution in [0.4, 0.5) is 0 Å². The summed E-state index contributed by atoms with van der Waals surface area (Å²) in [6, 6.07) is 4.81. The summed E-state index contributed by atoms with van der Waals surface area (Å²) in [5.41, 5.74) is 4.86. The van der Waals surface area contributed by atoms with Crippen molar-refractivity contribution in [1.29, 1.82) is 0 Å². The fourth-order valence-corrected chi connectivity index (χ4v) is 2.85. The first-order chi connectivity index (χ1) is 9.11. The summed E-state index contributed by atoms with van der Waals surface area (Å²) in [6.45, 7) is 6.28. The zero-order chi connectivity index (χ0) is 13.6. The van der Waals surface area contributed by atoms with Crippen LogP contribution in [0.1, 0.15) is 41.4 Å². The summed E-state index contributed by atoms with van der Waals surface area (Å²) >= 11 is 0. The van der Waals surface area contributed by atoms with Crippen molar-refractivity contribution in [2.24, 2.45) is 0 Å². The van der Waals surface area contributed by atoms with Crippen LogP contribution < -0.4 is 0 Å². The van der Waals surface area contributed by atoms with E-state index in [0.29, 0.717) is 11.9 Å². The number of hydrogen-bond donors (Lipinski definition) is 1. The van der Waals surface area contributed by atoms with Crippen molar-refractivity contribution in [1.82, 2.24) is 14.8 Å². The van der Waals surface area contributed by atoms with Gasteiger partial charge in [0.2, 0.25) is 0 Å². The van der Waals surface area contributed by atoms with Crippen LogP contribution in [-0.2, 0) is 6.61 Å². The van der Waals surface area contributed by atoms with E-state index in [0.717, 1.165) is 24.2 Å². The zero-order valence-corrected chi connectivity index (χ0v) is 11.6. The first-order valence-corrected chi connectivity index (χ1v) is 6.74. The highest BCUT2D eigenvalue weighted by Gasteiger charge is 2.30. The monoisotopic (exact) mass is 257 g/mol. The van der Waals surface area contributed by atoms with Gasteiger partial charge in [-0.2, -0.15) is 0 Å². The maximum atomic E-state index is 9.41. The van der Waals surface area contributed by atoms with Crippen LogP contribution in [0.3, 0.4) is 0 Å². The van der Waals surface area contributed by atoms with Gasteiger partial charge in [0.25, 0.3) is 0 Å². The topological polar surface area (TPSA) is 50.9 Å². The Morgan fingerprint density at radius 3 is 2.32 bits per heavy atom. The van der Waals surface area contributed by atoms with E-state index in [4.69, 9.17) is 0 Å². The molecule has 1 fully saturated rings. The lowest BCUT2D eigenvalue weighted by Crippen LogP contribution is -2.05. The van der Waals surface area contributed by atoms with Crippen molar-refractivity contribution in [2.75, 3.05) is 0 Å². The van der Waals surface area contributed by atoms with Gasteiger partial charge in [0.05, 0.1) is 0 Å². The second-order valence-electron chi connectivity index (χ2n) is 5.47. The molecule has 0 aliphatic heterocycles. The molecule has 0 atom stereocenters. The third kappa shape index (κ3) is 2.06. The van der Waals surface area contributed by atoms with Crippen LogP contribution in [0, 0.1) is 20.8 Å². The average molecular weight is 257 g/mol. The number of aliphatic hydroxyl groups excluding tert-OH is 1. The van der Waals surface area contributed by atoms with Crippen LogP contribution in [0.2, 0.25) is 0 Å². The average Bonchev–Trinajstić information content (AvgIpc) is 3.09. The Morgan fingerprint density at radius 2 is 1.79 bits per heavy atom. The van der Waals surface area contributed by atoms with Crippen molar-refractivity contribution in [2.45, 2.75) is 46.3 Å². The maximum Gasteiger partial charge on any atom is 0.164 e. The van der Waals surface area contributed by atoms with Crippen molar-refractivity contribution in [3.63, 3.8) is 0 Å². The molecule has 4 heteroatoms. The van der Waals surface area contributed by atoms with E-state index in [1.165, 1.54) is 16.7 Å². The molecule has 0 unspecified atom stereocenters. The molecule has 0 amide bonds. The predicted octanol–water partition coefficient (Wildman–Crippen LogP) is 2.70. The molecule has 100 valence electrons. The Kier molecular flexibility index (Phi) is 2.90. The fourth-order valence-electron chi connectivity index (χ4n) is 2.85. The lowest BCUT2D eigenvalue weighted by atomic mass is 9.99. The van der Waals surface area contributed by atoms with Gasteiger partial charge in [-0.3, -0.25) is 0 Å². The highest BCUT2D eigenvalue weighted by Crippen LogP contribution is 2.40. The summed E-state index contributed by atoms with van der Waals surface area (Å²) in [5.74, 6) is 1.58. The van der Waals surface area contributed by atoms with Crippen LogP contribution in [-0.4, -0.2) is 19.9 Å². The largest absolute Gasteiger partial charge is 0.388 e. The number of hydrogen-bond acceptors (Lipinski definition) is 3. The molecule has 1 aromatic carbocycles. The van der Waals surface area contributed by atoms with Gasteiger partial charge in [-0.05, 0) is 44.7 Å². The van der Waals surface area contributed by atoms with E-state index >= 15 is 0 Å². The van der Waals surface area contributed by atoms with Gasteiger partial charge in [0, 0.05) is 11.6 Å². The van der Waals surface area contributed by atoms with Crippen LogP contribution >= 0.6 is 0 Å². The van der Waals surface area contributed by atoms with Gasteiger partial charge in [0.1, 0.15) is 6.61 Å². The normalized spacial score (nSPS) is 14.9. The van der Waals surface area contributed by atoms with Gasteiger partial charge >= 0.3 is 0 Å². The number of aromatic nitrogens is 3. The minimum Gasteiger partial charge on any atom is -0.388 e. The first-order valence-electron chi connectivity index (χ1n) is 6.74. The van der Waals surface area contributed by atoms with Crippen molar-refractivity contribution >= 4 is 0 Å². The Morgan fingerprint density at radius 1 is 1.16 bits per heavy atom. The molecule has 1 N–H and O–H groups in total. The highest BCUT2D eigenvalue weighted by molar-refractivity contribution is 5.66. The number of rotatable bonds is 3. The Bertz CT molecular complexity index is 603. The highest BCUT2D eigenvalue weighted by atomic mass is 16.3. The maximum absolute atomic E-state index is 9.41. The van der Waals surface area contributed by atoms with Gasteiger partial charge in [0.15, 0.2) is 11.6 Å². The van der Waals surface area contributed by atoms with Gasteiger partial charge in [-0.1, -0.05) is 17.7 Å². The van der Waals surface area contributed by atoms with E-state index in [2.05, 4.69) is 47.7 Å². The summed E-state index contributed by atoms with van der Waals surface area (Å²) in [7, 11) is 0. The number of aliphatic hydroxyl groups is 1. The van der Waals surface area contributed by atoms with Crippen molar-refractivity contribution < 1.29 is 5.11 Å². The minimum absolute atomic E-state index is 0.0482. The molecule has 0 saturated heterocycles. The molecule has 3 rings (SSSR count). The van der Waals surface area contributed by atoms with Crippen LogP contribution in [0.15, 0.2) is 12.1 Å². The predicted molar refractivity (Wildman–Crippen MR) is 73.9 cm³/mol. The molecule has 1 heterocycles. The second kappa shape index (κ2) is 4.46. The molecule has 4 nitrogen and oxygen atoms in total. The minimum atomic E-state index is -0.0482. The molecule has 0 spiro atoms. The van der Waals surface area contributed by atoms with Crippen LogP contribution in [0.5, 0.6) is 0 Å². The fraction of sp³-hybridized carbons (Fsp3) is 0.467. The summed E-state index contributed by atoms with van der Waals surface area (Å²) < 4.78 is 2.12. The Balaban J connectivity index is 2.20. The smallest absolute Gasteiger partial charge is 0.164 e. The molecular formula is C15H19N3O. The van der Waals surface area contributed by atoms with E-state index < -0.39 is 0 Å². The molecule has 0 bridgehead atoms. The number of nitrogens with zero attached hydrogens (tertiary/aromatic N) is 3. The number of aryl methyl sites for hydroxylation is 3. The summed E-state index contributed by atoms with van der Waals surface area (Å²) in [4.78, 5) is 0. The third-order valence-electron chi connectivity index (χ3n) is 3.72. The molecular weight excluding hydrogens is 238 g/mol. The zero-order valence-electron chi connectivity index (χ0n) is 11.6. The second-order valence-corrected chi connectivity index (χ2v) is 5.47. The van der Waals surface area contributed by atoms with Crippen molar-refractivity contribution in [3.05, 3.63) is 34.6 Å². The Labute approximate surface area is 113 Å².